The highest BCUT2D eigenvalue weighted by molar-refractivity contribution is 6.30. The van der Waals surface area contributed by atoms with Crippen molar-refractivity contribution in [2.45, 2.75) is 25.7 Å². The van der Waals surface area contributed by atoms with E-state index in [2.05, 4.69) is 15.6 Å². The number of carbonyl (C=O) groups excluding carboxylic acids is 1. The van der Waals surface area contributed by atoms with Gasteiger partial charge < -0.3 is 16.4 Å². The van der Waals surface area contributed by atoms with Crippen molar-refractivity contribution >= 4 is 45.9 Å². The van der Waals surface area contributed by atoms with Crippen LogP contribution in [0.2, 0.25) is 5.02 Å². The molecule has 3 aromatic rings. The molecule has 1 fully saturated rings. The second kappa shape index (κ2) is 8.66. The number of nitrogens with two attached hydrogens (primary N) is 1. The van der Waals surface area contributed by atoms with Gasteiger partial charge in [-0.05, 0) is 68.0 Å². The molecule has 0 aliphatic heterocycles. The van der Waals surface area contributed by atoms with E-state index in [0.29, 0.717) is 16.9 Å². The first kappa shape index (κ1) is 19.5. The summed E-state index contributed by atoms with van der Waals surface area (Å²) >= 11 is 5.99. The first-order valence-corrected chi connectivity index (χ1v) is 10.3. The Kier molecular flexibility index (Phi) is 5.81. The van der Waals surface area contributed by atoms with Crippen LogP contribution < -0.4 is 16.4 Å². The molecule has 7 heteroatoms. The molecule has 1 saturated carbocycles. The summed E-state index contributed by atoms with van der Waals surface area (Å²) in [5.74, 6) is 1.69. The smallest absolute Gasteiger partial charge is 0.225 e. The highest BCUT2D eigenvalue weighted by Gasteiger charge is 2.24. The van der Waals surface area contributed by atoms with Crippen molar-refractivity contribution in [2.75, 3.05) is 17.2 Å². The summed E-state index contributed by atoms with van der Waals surface area (Å²) in [6.45, 7) is 0.782. The van der Waals surface area contributed by atoms with Gasteiger partial charge in [-0.15, -0.1) is 0 Å². The first-order valence-electron chi connectivity index (χ1n) is 9.91. The molecule has 4 N–H and O–H groups in total. The maximum Gasteiger partial charge on any atom is 0.225 e. The second-order valence-electron chi connectivity index (χ2n) is 7.55. The number of aromatic nitrogens is 2. The average molecular weight is 410 g/mol. The average Bonchev–Trinajstić information content (AvgIpc) is 2.74. The molecule has 6 nitrogen and oxygen atoms in total. The molecule has 0 unspecified atom stereocenters. The molecule has 1 aliphatic carbocycles. The fraction of sp³-hybridized carbons (Fsp3) is 0.318. The van der Waals surface area contributed by atoms with Crippen LogP contribution in [-0.4, -0.2) is 22.4 Å². The number of primary amides is 1. The summed E-state index contributed by atoms with van der Waals surface area (Å²) in [5.41, 5.74) is 7.21. The minimum Gasteiger partial charge on any atom is -0.369 e. The lowest BCUT2D eigenvalue weighted by Crippen LogP contribution is -2.29. The third-order valence-corrected chi connectivity index (χ3v) is 5.76. The Morgan fingerprint density at radius 2 is 1.76 bits per heavy atom. The molecule has 1 amide bonds. The van der Waals surface area contributed by atoms with Crippen LogP contribution in [0.5, 0.6) is 0 Å². The molecule has 0 saturated heterocycles. The van der Waals surface area contributed by atoms with Gasteiger partial charge in [0, 0.05) is 28.6 Å². The first-order chi connectivity index (χ1) is 14.1. The molecule has 0 spiro atoms. The van der Waals surface area contributed by atoms with Gasteiger partial charge in [-0.2, -0.15) is 4.98 Å². The van der Waals surface area contributed by atoms with Gasteiger partial charge in [-0.3, -0.25) is 4.79 Å². The molecule has 4 rings (SSSR count). The van der Waals surface area contributed by atoms with Crippen LogP contribution in [-0.2, 0) is 4.79 Å². The number of amides is 1. The number of para-hydroxylation sites is 1. The molecule has 1 heterocycles. The predicted molar refractivity (Wildman–Crippen MR) is 117 cm³/mol. The third kappa shape index (κ3) is 4.77. The summed E-state index contributed by atoms with van der Waals surface area (Å²) in [7, 11) is 0. The normalized spacial score (nSPS) is 19.1. The fourth-order valence-electron chi connectivity index (χ4n) is 3.81. The zero-order valence-electron chi connectivity index (χ0n) is 16.1. The lowest BCUT2D eigenvalue weighted by atomic mass is 9.82. The van der Waals surface area contributed by atoms with Crippen molar-refractivity contribution in [2.24, 2.45) is 17.6 Å². The molecule has 2 aromatic carbocycles. The van der Waals surface area contributed by atoms with Crippen molar-refractivity contribution in [3.8, 4) is 0 Å². The Morgan fingerprint density at radius 3 is 2.48 bits per heavy atom. The SMILES string of the molecule is NC(=O)C1CCC(CNc2nc(Nc3ccc(Cl)cc3)c3ccccc3n2)CC1. The van der Waals surface area contributed by atoms with E-state index in [1.54, 1.807) is 0 Å². The number of carbonyl (C=O) groups is 1. The van der Waals surface area contributed by atoms with E-state index >= 15 is 0 Å². The van der Waals surface area contributed by atoms with E-state index < -0.39 is 0 Å². The Bertz CT molecular complexity index is 1000. The maximum absolute atomic E-state index is 11.3. The molecule has 1 aliphatic rings. The fourth-order valence-corrected chi connectivity index (χ4v) is 3.93. The second-order valence-corrected chi connectivity index (χ2v) is 7.98. The lowest BCUT2D eigenvalue weighted by Gasteiger charge is -2.26. The van der Waals surface area contributed by atoms with E-state index in [-0.39, 0.29) is 11.8 Å². The number of halogens is 1. The van der Waals surface area contributed by atoms with Gasteiger partial charge in [-0.25, -0.2) is 4.98 Å². The highest BCUT2D eigenvalue weighted by Crippen LogP contribution is 2.29. The molecular formula is C22H24ClN5O. The predicted octanol–water partition coefficient (Wildman–Crippen LogP) is 4.73. The van der Waals surface area contributed by atoms with Crippen LogP contribution in [0, 0.1) is 11.8 Å². The van der Waals surface area contributed by atoms with Gasteiger partial charge in [-0.1, -0.05) is 23.7 Å². The zero-order valence-corrected chi connectivity index (χ0v) is 16.8. The van der Waals surface area contributed by atoms with Crippen molar-refractivity contribution in [1.29, 1.82) is 0 Å². The zero-order chi connectivity index (χ0) is 20.2. The van der Waals surface area contributed by atoms with Crippen LogP contribution in [0.1, 0.15) is 25.7 Å². The van der Waals surface area contributed by atoms with Crippen LogP contribution in [0.3, 0.4) is 0 Å². The summed E-state index contributed by atoms with van der Waals surface area (Å²) in [4.78, 5) is 20.7. The monoisotopic (exact) mass is 409 g/mol. The van der Waals surface area contributed by atoms with E-state index in [0.717, 1.165) is 54.6 Å². The van der Waals surface area contributed by atoms with Gasteiger partial charge in [0.2, 0.25) is 11.9 Å². The summed E-state index contributed by atoms with van der Waals surface area (Å²) in [6, 6.07) is 15.5. The minimum absolute atomic E-state index is 0.0262. The number of hydrogen-bond donors (Lipinski definition) is 3. The number of fused-ring (bicyclic) bond motifs is 1. The number of nitrogens with zero attached hydrogens (tertiary/aromatic N) is 2. The topological polar surface area (TPSA) is 92.9 Å². The third-order valence-electron chi connectivity index (χ3n) is 5.51. The Morgan fingerprint density at radius 1 is 1.03 bits per heavy atom. The van der Waals surface area contributed by atoms with Crippen molar-refractivity contribution in [1.82, 2.24) is 9.97 Å². The lowest BCUT2D eigenvalue weighted by molar-refractivity contribution is -0.122. The summed E-state index contributed by atoms with van der Waals surface area (Å²) < 4.78 is 0. The van der Waals surface area contributed by atoms with Crippen molar-refractivity contribution < 1.29 is 4.79 Å². The van der Waals surface area contributed by atoms with E-state index in [1.165, 1.54) is 0 Å². The molecule has 1 aromatic heterocycles. The molecule has 0 bridgehead atoms. The van der Waals surface area contributed by atoms with Crippen LogP contribution in [0.25, 0.3) is 10.9 Å². The van der Waals surface area contributed by atoms with Gasteiger partial charge in [0.15, 0.2) is 0 Å². The van der Waals surface area contributed by atoms with E-state index in [1.807, 2.05) is 48.5 Å². The van der Waals surface area contributed by atoms with Gasteiger partial charge >= 0.3 is 0 Å². The number of hydrogen-bond acceptors (Lipinski definition) is 5. The largest absolute Gasteiger partial charge is 0.369 e. The minimum atomic E-state index is -0.174. The molecular weight excluding hydrogens is 386 g/mol. The van der Waals surface area contributed by atoms with E-state index in [9.17, 15) is 4.79 Å². The van der Waals surface area contributed by atoms with Gasteiger partial charge in [0.1, 0.15) is 5.82 Å². The number of rotatable bonds is 6. The molecule has 0 radical (unpaired) electrons. The van der Waals surface area contributed by atoms with Crippen molar-refractivity contribution in [3.05, 3.63) is 53.6 Å². The molecule has 150 valence electrons. The molecule has 29 heavy (non-hydrogen) atoms. The summed E-state index contributed by atoms with van der Waals surface area (Å²) in [5, 5.41) is 8.40. The van der Waals surface area contributed by atoms with Crippen molar-refractivity contribution in [3.63, 3.8) is 0 Å². The number of benzene rings is 2. The Balaban J connectivity index is 1.49. The van der Waals surface area contributed by atoms with Crippen LogP contribution in [0.15, 0.2) is 48.5 Å². The van der Waals surface area contributed by atoms with E-state index in [4.69, 9.17) is 22.3 Å². The summed E-state index contributed by atoms with van der Waals surface area (Å²) in [6.07, 6.45) is 3.71. The van der Waals surface area contributed by atoms with Gasteiger partial charge in [0.05, 0.1) is 5.52 Å². The highest BCUT2D eigenvalue weighted by atomic mass is 35.5. The van der Waals surface area contributed by atoms with Crippen LogP contribution in [0.4, 0.5) is 17.5 Å². The number of nitrogens with one attached hydrogen (secondary N) is 2. The number of anilines is 3. The molecule has 0 atom stereocenters. The maximum atomic E-state index is 11.3. The van der Waals surface area contributed by atoms with Gasteiger partial charge in [0.25, 0.3) is 0 Å². The quantitative estimate of drug-likeness (QED) is 0.547. The van der Waals surface area contributed by atoms with Crippen LogP contribution >= 0.6 is 11.6 Å². The Labute approximate surface area is 174 Å². The standard InChI is InChI=1S/C22H24ClN5O/c23-16-9-11-17(12-10-16)26-21-18-3-1-2-4-19(18)27-22(28-21)25-13-14-5-7-15(8-6-14)20(24)29/h1-4,9-12,14-15H,5-8,13H2,(H2,24,29)(H2,25,26,27,28). The Hall–Kier alpha value is -2.86.